The van der Waals surface area contributed by atoms with Gasteiger partial charge in [0.05, 0.1) is 12.6 Å². The third-order valence-corrected chi connectivity index (χ3v) is 4.37. The average molecular weight is 287 g/mol. The van der Waals surface area contributed by atoms with Crippen LogP contribution in [0.25, 0.3) is 5.70 Å². The fourth-order valence-electron chi connectivity index (χ4n) is 3.16. The summed E-state index contributed by atoms with van der Waals surface area (Å²) in [4.78, 5) is 2.51. The molecule has 2 nitrogen and oxygen atoms in total. The molecule has 0 amide bonds. The van der Waals surface area contributed by atoms with E-state index in [-0.39, 0.29) is 5.41 Å². The number of methoxy groups -OCH3 is 1. The largest absolute Gasteiger partial charge is 0.383 e. The molecule has 1 aliphatic rings. The summed E-state index contributed by atoms with van der Waals surface area (Å²) >= 11 is 0. The fraction of sp³-hybridized carbons (Fsp3) is 0.579. The molecule has 1 heterocycles. The summed E-state index contributed by atoms with van der Waals surface area (Å²) in [6.45, 7) is 10.9. The van der Waals surface area contributed by atoms with Crippen molar-refractivity contribution in [2.45, 2.75) is 52.0 Å². The molecule has 0 bridgehead atoms. The summed E-state index contributed by atoms with van der Waals surface area (Å²) < 4.78 is 5.38. The van der Waals surface area contributed by atoms with Crippen molar-refractivity contribution in [2.24, 2.45) is 0 Å². The molecule has 0 spiro atoms. The monoisotopic (exact) mass is 287 g/mol. The lowest BCUT2D eigenvalue weighted by atomic mass is 9.86. The maximum atomic E-state index is 5.38. The summed E-state index contributed by atoms with van der Waals surface area (Å²) in [5.41, 5.74) is 4.25. The van der Waals surface area contributed by atoms with E-state index in [0.29, 0.717) is 6.04 Å². The summed E-state index contributed by atoms with van der Waals surface area (Å²) in [5, 5.41) is 0. The van der Waals surface area contributed by atoms with E-state index in [2.05, 4.69) is 62.9 Å². The van der Waals surface area contributed by atoms with Crippen LogP contribution in [0.2, 0.25) is 0 Å². The van der Waals surface area contributed by atoms with Crippen LogP contribution >= 0.6 is 0 Å². The minimum atomic E-state index is 0.209. The first-order valence-corrected chi connectivity index (χ1v) is 8.00. The molecule has 1 atom stereocenters. The number of hydrogen-bond acceptors (Lipinski definition) is 2. The highest BCUT2D eigenvalue weighted by molar-refractivity contribution is 5.64. The average Bonchev–Trinajstić information content (AvgIpc) is 2.88. The molecular weight excluding hydrogens is 258 g/mol. The number of hydrogen-bond donors (Lipinski definition) is 0. The second kappa shape index (κ2) is 6.65. The molecular formula is C19H29NO. The quantitative estimate of drug-likeness (QED) is 0.811. The zero-order valence-electron chi connectivity index (χ0n) is 14.1. The highest BCUT2D eigenvalue weighted by atomic mass is 16.5. The first kappa shape index (κ1) is 16.1. The Bertz CT molecular complexity index is 481. The minimum Gasteiger partial charge on any atom is -0.383 e. The molecule has 0 N–H and O–H groups in total. The van der Waals surface area contributed by atoms with Crippen molar-refractivity contribution >= 4 is 5.70 Å². The number of nitrogens with zero attached hydrogens (tertiary/aromatic N) is 1. The Morgan fingerprint density at radius 1 is 1.29 bits per heavy atom. The van der Waals surface area contributed by atoms with Crippen LogP contribution in [0.1, 0.15) is 51.7 Å². The predicted molar refractivity (Wildman–Crippen MR) is 90.4 cm³/mol. The summed E-state index contributed by atoms with van der Waals surface area (Å²) in [5.74, 6) is 0. The van der Waals surface area contributed by atoms with Crippen molar-refractivity contribution in [1.29, 1.82) is 0 Å². The van der Waals surface area contributed by atoms with Crippen molar-refractivity contribution in [1.82, 2.24) is 4.90 Å². The van der Waals surface area contributed by atoms with E-state index >= 15 is 0 Å². The molecule has 2 heteroatoms. The molecule has 1 fully saturated rings. The number of benzene rings is 1. The molecule has 1 aliphatic heterocycles. The van der Waals surface area contributed by atoms with Gasteiger partial charge in [-0.2, -0.15) is 0 Å². The minimum absolute atomic E-state index is 0.209. The molecule has 0 aromatic heterocycles. The summed E-state index contributed by atoms with van der Waals surface area (Å²) in [6.07, 6.45) is 4.72. The summed E-state index contributed by atoms with van der Waals surface area (Å²) in [6, 6.07) is 9.57. The van der Waals surface area contributed by atoms with Gasteiger partial charge in [0.15, 0.2) is 0 Å². The van der Waals surface area contributed by atoms with Gasteiger partial charge in [-0.25, -0.2) is 0 Å². The molecule has 1 aromatic rings. The van der Waals surface area contributed by atoms with Crippen molar-refractivity contribution in [2.75, 3.05) is 20.3 Å². The van der Waals surface area contributed by atoms with Gasteiger partial charge in [-0.15, -0.1) is 0 Å². The highest BCUT2D eigenvalue weighted by Crippen LogP contribution is 2.30. The van der Waals surface area contributed by atoms with Crippen molar-refractivity contribution in [3.63, 3.8) is 0 Å². The van der Waals surface area contributed by atoms with E-state index in [1.807, 2.05) is 0 Å². The van der Waals surface area contributed by atoms with E-state index in [9.17, 15) is 0 Å². The van der Waals surface area contributed by atoms with Gasteiger partial charge in [0.2, 0.25) is 0 Å². The van der Waals surface area contributed by atoms with Crippen LogP contribution < -0.4 is 0 Å². The first-order chi connectivity index (χ1) is 9.97. The standard InChI is InChI=1S/C19H29NO/c1-6-18(20-13-7-8-17(20)14-21-5)15-9-11-16(12-10-15)19(2,3)4/h6,9-12,17H,7-8,13-14H2,1-5H3/b18-6+/t17-/m1/s1. The van der Waals surface area contributed by atoms with E-state index in [0.717, 1.165) is 13.2 Å². The molecule has 0 unspecified atom stereocenters. The number of ether oxygens (including phenoxy) is 1. The van der Waals surface area contributed by atoms with Gasteiger partial charge >= 0.3 is 0 Å². The van der Waals surface area contributed by atoms with Gasteiger partial charge < -0.3 is 9.64 Å². The third-order valence-electron chi connectivity index (χ3n) is 4.37. The number of likely N-dealkylation sites (tertiary alicyclic amines) is 1. The molecule has 0 saturated carbocycles. The molecule has 1 saturated heterocycles. The lowest BCUT2D eigenvalue weighted by molar-refractivity contribution is 0.142. The molecule has 21 heavy (non-hydrogen) atoms. The number of rotatable bonds is 4. The van der Waals surface area contributed by atoms with Gasteiger partial charge in [-0.3, -0.25) is 0 Å². The van der Waals surface area contributed by atoms with Gasteiger partial charge in [-0.05, 0) is 36.3 Å². The Hall–Kier alpha value is -1.28. The van der Waals surface area contributed by atoms with Crippen LogP contribution in [0.3, 0.4) is 0 Å². The Morgan fingerprint density at radius 2 is 1.95 bits per heavy atom. The SMILES string of the molecule is C/C=C(\c1ccc(C(C)(C)C)cc1)N1CCC[C@@H]1COC. The van der Waals surface area contributed by atoms with Crippen LogP contribution in [-0.4, -0.2) is 31.2 Å². The second-order valence-corrected chi connectivity index (χ2v) is 6.95. The lowest BCUT2D eigenvalue weighted by Crippen LogP contribution is -2.31. The van der Waals surface area contributed by atoms with E-state index in [4.69, 9.17) is 4.74 Å². The Kier molecular flexibility index (Phi) is 5.10. The molecule has 1 aromatic carbocycles. The topological polar surface area (TPSA) is 12.5 Å². The van der Waals surface area contributed by atoms with Crippen LogP contribution in [0.5, 0.6) is 0 Å². The molecule has 2 rings (SSSR count). The first-order valence-electron chi connectivity index (χ1n) is 8.00. The predicted octanol–water partition coefficient (Wildman–Crippen LogP) is 4.46. The fourth-order valence-corrected chi connectivity index (χ4v) is 3.16. The van der Waals surface area contributed by atoms with Crippen molar-refractivity contribution in [3.8, 4) is 0 Å². The smallest absolute Gasteiger partial charge is 0.0666 e. The van der Waals surface area contributed by atoms with Crippen LogP contribution in [-0.2, 0) is 10.2 Å². The zero-order chi connectivity index (χ0) is 15.5. The maximum Gasteiger partial charge on any atom is 0.0666 e. The Labute approximate surface area is 129 Å². The van der Waals surface area contributed by atoms with Gasteiger partial charge in [0, 0.05) is 19.4 Å². The lowest BCUT2D eigenvalue weighted by Gasteiger charge is -2.29. The normalized spacial score (nSPS) is 20.1. The second-order valence-electron chi connectivity index (χ2n) is 6.95. The highest BCUT2D eigenvalue weighted by Gasteiger charge is 2.26. The van der Waals surface area contributed by atoms with E-state index in [1.54, 1.807) is 7.11 Å². The van der Waals surface area contributed by atoms with Crippen LogP contribution in [0, 0.1) is 0 Å². The van der Waals surface area contributed by atoms with Crippen LogP contribution in [0.15, 0.2) is 30.3 Å². The Balaban J connectivity index is 2.22. The number of allylic oxidation sites excluding steroid dienone is 1. The van der Waals surface area contributed by atoms with E-state index in [1.165, 1.54) is 29.7 Å². The summed E-state index contributed by atoms with van der Waals surface area (Å²) in [7, 11) is 1.80. The van der Waals surface area contributed by atoms with Crippen LogP contribution in [0.4, 0.5) is 0 Å². The Morgan fingerprint density at radius 3 is 2.48 bits per heavy atom. The molecule has 0 radical (unpaired) electrons. The van der Waals surface area contributed by atoms with Crippen molar-refractivity contribution < 1.29 is 4.74 Å². The maximum absolute atomic E-state index is 5.38. The van der Waals surface area contributed by atoms with Crippen molar-refractivity contribution in [3.05, 3.63) is 41.5 Å². The molecule has 116 valence electrons. The van der Waals surface area contributed by atoms with Gasteiger partial charge in [-0.1, -0.05) is 51.1 Å². The van der Waals surface area contributed by atoms with Gasteiger partial charge in [0.25, 0.3) is 0 Å². The van der Waals surface area contributed by atoms with Gasteiger partial charge in [0.1, 0.15) is 0 Å². The van der Waals surface area contributed by atoms with E-state index < -0.39 is 0 Å². The zero-order valence-corrected chi connectivity index (χ0v) is 14.1. The molecule has 0 aliphatic carbocycles. The third kappa shape index (κ3) is 3.68.